The van der Waals surface area contributed by atoms with Gasteiger partial charge in [0.2, 0.25) is 5.88 Å². The Morgan fingerprint density at radius 3 is 3.06 bits per heavy atom. The van der Waals surface area contributed by atoms with Crippen molar-refractivity contribution < 1.29 is 9.53 Å². The molecule has 0 spiro atoms. The highest BCUT2D eigenvalue weighted by Gasteiger charge is 2.14. The molecule has 0 saturated heterocycles. The monoisotopic (exact) mass is 223 g/mol. The van der Waals surface area contributed by atoms with Crippen LogP contribution < -0.4 is 15.8 Å². The van der Waals surface area contributed by atoms with Gasteiger partial charge in [0.25, 0.3) is 5.91 Å². The topological polar surface area (TPSA) is 77.2 Å². The van der Waals surface area contributed by atoms with Gasteiger partial charge < -0.3 is 15.8 Å². The molecule has 16 heavy (non-hydrogen) atoms. The number of aromatic nitrogens is 1. The molecule has 0 radical (unpaired) electrons. The summed E-state index contributed by atoms with van der Waals surface area (Å²) >= 11 is 0. The molecule has 3 N–H and O–H groups in total. The average Bonchev–Trinajstić information content (AvgIpc) is 2.29. The van der Waals surface area contributed by atoms with Gasteiger partial charge in [0.15, 0.2) is 0 Å². The summed E-state index contributed by atoms with van der Waals surface area (Å²) in [6.07, 6.45) is 2.33. The molecule has 0 aliphatic rings. The van der Waals surface area contributed by atoms with Gasteiger partial charge in [-0.15, -0.1) is 0 Å². The van der Waals surface area contributed by atoms with Crippen molar-refractivity contribution in [3.8, 4) is 5.88 Å². The number of carbonyl (C=O) groups excluding carboxylic acids is 1. The number of hydrogen-bond acceptors (Lipinski definition) is 4. The van der Waals surface area contributed by atoms with Crippen LogP contribution in [-0.2, 0) is 0 Å². The lowest BCUT2D eigenvalue weighted by molar-refractivity contribution is 0.0935. The number of nitrogens with zero attached hydrogens (tertiary/aromatic N) is 1. The van der Waals surface area contributed by atoms with E-state index in [1.165, 1.54) is 7.11 Å². The van der Waals surface area contributed by atoms with Crippen molar-refractivity contribution in [2.24, 2.45) is 5.73 Å². The highest BCUT2D eigenvalue weighted by molar-refractivity contribution is 5.96. The van der Waals surface area contributed by atoms with Crippen molar-refractivity contribution in [1.29, 1.82) is 0 Å². The van der Waals surface area contributed by atoms with Crippen LogP contribution >= 0.6 is 0 Å². The van der Waals surface area contributed by atoms with E-state index in [4.69, 9.17) is 10.5 Å². The largest absolute Gasteiger partial charge is 0.480 e. The van der Waals surface area contributed by atoms with Crippen LogP contribution in [0.25, 0.3) is 0 Å². The molecule has 1 aromatic heterocycles. The lowest BCUT2D eigenvalue weighted by Crippen LogP contribution is -2.34. The third-order valence-corrected chi connectivity index (χ3v) is 2.19. The Balaban J connectivity index is 2.72. The zero-order chi connectivity index (χ0) is 12.0. The maximum absolute atomic E-state index is 11.8. The number of nitrogens with two attached hydrogens (primary N) is 1. The lowest BCUT2D eigenvalue weighted by Gasteiger charge is -2.13. The molecule has 0 aromatic carbocycles. The van der Waals surface area contributed by atoms with Crippen molar-refractivity contribution in [3.63, 3.8) is 0 Å². The van der Waals surface area contributed by atoms with Gasteiger partial charge in [-0.2, -0.15) is 0 Å². The molecule has 88 valence electrons. The first kappa shape index (κ1) is 12.4. The summed E-state index contributed by atoms with van der Waals surface area (Å²) in [4.78, 5) is 15.8. The predicted molar refractivity (Wildman–Crippen MR) is 61.4 cm³/mol. The summed E-state index contributed by atoms with van der Waals surface area (Å²) in [6.45, 7) is 2.46. The number of carbonyl (C=O) groups is 1. The van der Waals surface area contributed by atoms with Crippen molar-refractivity contribution in [1.82, 2.24) is 10.3 Å². The summed E-state index contributed by atoms with van der Waals surface area (Å²) in [5, 5.41) is 2.83. The third-order valence-electron chi connectivity index (χ3n) is 2.19. The Morgan fingerprint density at radius 2 is 2.44 bits per heavy atom. The maximum Gasteiger partial charge on any atom is 0.256 e. The molecule has 5 heteroatoms. The SMILES string of the molecule is COc1ncccc1C(=O)NC(C)CCN. The summed E-state index contributed by atoms with van der Waals surface area (Å²) < 4.78 is 5.01. The zero-order valence-electron chi connectivity index (χ0n) is 9.56. The van der Waals surface area contributed by atoms with E-state index in [9.17, 15) is 4.79 Å². The Morgan fingerprint density at radius 1 is 1.69 bits per heavy atom. The molecule has 1 unspecified atom stereocenters. The average molecular weight is 223 g/mol. The molecule has 0 saturated carbocycles. The van der Waals surface area contributed by atoms with Gasteiger partial charge in [-0.05, 0) is 32.0 Å². The molecule has 0 bridgehead atoms. The number of methoxy groups -OCH3 is 1. The van der Waals surface area contributed by atoms with Crippen molar-refractivity contribution >= 4 is 5.91 Å². The molecule has 1 heterocycles. The first-order chi connectivity index (χ1) is 7.69. The van der Waals surface area contributed by atoms with E-state index in [0.717, 1.165) is 6.42 Å². The first-order valence-corrected chi connectivity index (χ1v) is 5.19. The Bertz CT molecular complexity index is 355. The molecular formula is C11H17N3O2. The Hall–Kier alpha value is -1.62. The molecular weight excluding hydrogens is 206 g/mol. The van der Waals surface area contributed by atoms with E-state index < -0.39 is 0 Å². The van der Waals surface area contributed by atoms with Gasteiger partial charge in [0.05, 0.1) is 7.11 Å². The van der Waals surface area contributed by atoms with Crippen LogP contribution in [0.15, 0.2) is 18.3 Å². The number of rotatable bonds is 5. The van der Waals surface area contributed by atoms with E-state index in [1.807, 2.05) is 6.92 Å². The van der Waals surface area contributed by atoms with E-state index in [2.05, 4.69) is 10.3 Å². The summed E-state index contributed by atoms with van der Waals surface area (Å²) in [6, 6.07) is 3.42. The number of pyridine rings is 1. The molecule has 1 aromatic rings. The minimum atomic E-state index is -0.189. The van der Waals surface area contributed by atoms with Crippen LogP contribution in [0.3, 0.4) is 0 Å². The minimum absolute atomic E-state index is 0.0439. The smallest absolute Gasteiger partial charge is 0.256 e. The first-order valence-electron chi connectivity index (χ1n) is 5.19. The van der Waals surface area contributed by atoms with Crippen LogP contribution in [0, 0.1) is 0 Å². The number of hydrogen-bond donors (Lipinski definition) is 2. The highest BCUT2D eigenvalue weighted by atomic mass is 16.5. The third kappa shape index (κ3) is 3.20. The highest BCUT2D eigenvalue weighted by Crippen LogP contribution is 2.13. The Labute approximate surface area is 95.0 Å². The van der Waals surface area contributed by atoms with Crippen LogP contribution in [0.2, 0.25) is 0 Å². The minimum Gasteiger partial charge on any atom is -0.480 e. The van der Waals surface area contributed by atoms with E-state index in [0.29, 0.717) is 18.0 Å². The molecule has 0 fully saturated rings. The van der Waals surface area contributed by atoms with Crippen LogP contribution in [-0.4, -0.2) is 30.6 Å². The molecule has 5 nitrogen and oxygen atoms in total. The normalized spacial score (nSPS) is 11.9. The quantitative estimate of drug-likeness (QED) is 0.764. The van der Waals surface area contributed by atoms with Gasteiger partial charge in [-0.25, -0.2) is 4.98 Å². The molecule has 0 aliphatic carbocycles. The Kier molecular flexibility index (Phi) is 4.72. The lowest BCUT2D eigenvalue weighted by atomic mass is 10.2. The second-order valence-electron chi connectivity index (χ2n) is 3.51. The van der Waals surface area contributed by atoms with Crippen molar-refractivity contribution in [2.75, 3.05) is 13.7 Å². The van der Waals surface area contributed by atoms with Crippen LogP contribution in [0.4, 0.5) is 0 Å². The maximum atomic E-state index is 11.8. The van der Waals surface area contributed by atoms with Gasteiger partial charge in [-0.1, -0.05) is 0 Å². The van der Waals surface area contributed by atoms with Gasteiger partial charge in [0, 0.05) is 12.2 Å². The fraction of sp³-hybridized carbons (Fsp3) is 0.455. The molecule has 0 aliphatic heterocycles. The second kappa shape index (κ2) is 6.07. The van der Waals surface area contributed by atoms with E-state index in [1.54, 1.807) is 18.3 Å². The van der Waals surface area contributed by atoms with Crippen molar-refractivity contribution in [2.45, 2.75) is 19.4 Å². The van der Waals surface area contributed by atoms with Crippen molar-refractivity contribution in [3.05, 3.63) is 23.9 Å². The van der Waals surface area contributed by atoms with E-state index >= 15 is 0 Å². The fourth-order valence-corrected chi connectivity index (χ4v) is 1.35. The van der Waals surface area contributed by atoms with Gasteiger partial charge in [-0.3, -0.25) is 4.79 Å². The summed E-state index contributed by atoms with van der Waals surface area (Å²) in [5.41, 5.74) is 5.85. The molecule has 1 rings (SSSR count). The predicted octanol–water partition coefficient (Wildman–Crippen LogP) is 0.557. The molecule has 1 atom stereocenters. The zero-order valence-corrected chi connectivity index (χ0v) is 9.56. The van der Waals surface area contributed by atoms with Gasteiger partial charge in [0.1, 0.15) is 5.56 Å². The van der Waals surface area contributed by atoms with Crippen LogP contribution in [0.5, 0.6) is 5.88 Å². The van der Waals surface area contributed by atoms with Crippen LogP contribution in [0.1, 0.15) is 23.7 Å². The summed E-state index contributed by atoms with van der Waals surface area (Å²) in [7, 11) is 1.49. The van der Waals surface area contributed by atoms with E-state index in [-0.39, 0.29) is 11.9 Å². The van der Waals surface area contributed by atoms with Gasteiger partial charge >= 0.3 is 0 Å². The number of nitrogens with one attached hydrogen (secondary N) is 1. The number of amides is 1. The number of ether oxygens (including phenoxy) is 1. The fourth-order valence-electron chi connectivity index (χ4n) is 1.35. The summed E-state index contributed by atoms with van der Waals surface area (Å²) in [5.74, 6) is 0.144. The second-order valence-corrected chi connectivity index (χ2v) is 3.51. The molecule has 1 amide bonds. The standard InChI is InChI=1S/C11H17N3O2/c1-8(5-6-12)14-10(15)9-4-3-7-13-11(9)16-2/h3-4,7-8H,5-6,12H2,1-2H3,(H,14,15).